The second-order valence-electron chi connectivity index (χ2n) is 3.76. The first kappa shape index (κ1) is 14.6. The molecule has 0 bridgehead atoms. The van der Waals surface area contributed by atoms with Gasteiger partial charge in [0, 0.05) is 11.5 Å². The van der Waals surface area contributed by atoms with E-state index < -0.39 is 6.04 Å². The van der Waals surface area contributed by atoms with Crippen molar-refractivity contribution < 1.29 is 9.84 Å². The van der Waals surface area contributed by atoms with Gasteiger partial charge in [-0.2, -0.15) is 5.26 Å². The maximum atomic E-state index is 9.49. The summed E-state index contributed by atoms with van der Waals surface area (Å²) in [6, 6.07) is 6.39. The number of hydrogen-bond donors (Lipinski definition) is 2. The maximum absolute atomic E-state index is 9.49. The lowest BCUT2D eigenvalue weighted by atomic mass is 10.1. The smallest absolute Gasteiger partial charge is 0.160 e. The Morgan fingerprint density at radius 2 is 2.42 bits per heavy atom. The summed E-state index contributed by atoms with van der Waals surface area (Å²) in [5, 5.41) is 25.0. The summed E-state index contributed by atoms with van der Waals surface area (Å²) in [5.41, 5.74) is 8.84. The molecule has 2 N–H and O–H groups in total. The fourth-order valence-electron chi connectivity index (χ4n) is 1.55. The number of azide groups is 1. The zero-order valence-electron chi connectivity index (χ0n) is 10.6. The van der Waals surface area contributed by atoms with Gasteiger partial charge in [-0.25, -0.2) is 0 Å². The van der Waals surface area contributed by atoms with Crippen LogP contribution in [0.1, 0.15) is 18.0 Å². The van der Waals surface area contributed by atoms with E-state index in [2.05, 4.69) is 21.4 Å². The van der Waals surface area contributed by atoms with Crippen molar-refractivity contribution in [2.24, 2.45) is 5.11 Å². The van der Waals surface area contributed by atoms with Crippen LogP contribution in [0.3, 0.4) is 0 Å². The number of nitrogens with one attached hydrogen (secondary N) is 1. The predicted octanol–water partition coefficient (Wildman–Crippen LogP) is 2.26. The fraction of sp³-hybridized carbons (Fsp3) is 0.417. The average Bonchev–Trinajstić information content (AvgIpc) is 2.44. The standard InChI is InChI=1S/C12H15N5O2/c1-19-12-7-9(3-4-11(12)18)10(8-13)15-5-2-6-16-17-14/h3-4,7,10,15,18H,2,5-6H2,1H3. The summed E-state index contributed by atoms with van der Waals surface area (Å²) in [6.45, 7) is 0.945. The van der Waals surface area contributed by atoms with Gasteiger partial charge in [0.2, 0.25) is 0 Å². The van der Waals surface area contributed by atoms with Crippen LogP contribution in [-0.4, -0.2) is 25.3 Å². The van der Waals surface area contributed by atoms with Crippen molar-refractivity contribution in [1.29, 1.82) is 5.26 Å². The molecule has 1 aromatic rings. The van der Waals surface area contributed by atoms with Crippen LogP contribution in [0.2, 0.25) is 0 Å². The van der Waals surface area contributed by atoms with Crippen molar-refractivity contribution in [2.45, 2.75) is 12.5 Å². The first-order valence-electron chi connectivity index (χ1n) is 5.73. The molecule has 1 atom stereocenters. The minimum absolute atomic E-state index is 0.0336. The number of nitriles is 1. The number of hydrogen-bond acceptors (Lipinski definition) is 5. The minimum Gasteiger partial charge on any atom is -0.504 e. The lowest BCUT2D eigenvalue weighted by Crippen LogP contribution is -2.21. The first-order chi connectivity index (χ1) is 9.22. The molecule has 0 aliphatic heterocycles. The predicted molar refractivity (Wildman–Crippen MR) is 69.6 cm³/mol. The molecular weight excluding hydrogens is 246 g/mol. The van der Waals surface area contributed by atoms with E-state index >= 15 is 0 Å². The van der Waals surface area contributed by atoms with Crippen molar-refractivity contribution in [3.8, 4) is 17.6 Å². The van der Waals surface area contributed by atoms with Gasteiger partial charge in [-0.3, -0.25) is 5.32 Å². The fourth-order valence-corrected chi connectivity index (χ4v) is 1.55. The van der Waals surface area contributed by atoms with Gasteiger partial charge in [-0.15, -0.1) is 0 Å². The Kier molecular flexibility index (Phi) is 6.03. The first-order valence-corrected chi connectivity index (χ1v) is 5.73. The van der Waals surface area contributed by atoms with Gasteiger partial charge < -0.3 is 9.84 Å². The topological polar surface area (TPSA) is 114 Å². The van der Waals surface area contributed by atoms with Gasteiger partial charge >= 0.3 is 0 Å². The van der Waals surface area contributed by atoms with Crippen molar-refractivity contribution in [3.63, 3.8) is 0 Å². The summed E-state index contributed by atoms with van der Waals surface area (Å²) in [4.78, 5) is 2.65. The molecule has 0 saturated carbocycles. The van der Waals surface area contributed by atoms with Crippen LogP contribution in [0.25, 0.3) is 10.4 Å². The molecule has 7 heteroatoms. The molecule has 0 spiro atoms. The molecule has 0 radical (unpaired) electrons. The Bertz CT molecular complexity index is 505. The molecule has 0 saturated heterocycles. The SMILES string of the molecule is COc1cc(C(C#N)NCCCN=[N+]=[N-])ccc1O. The molecule has 100 valence electrons. The molecule has 19 heavy (non-hydrogen) atoms. The van der Waals surface area contributed by atoms with E-state index in [0.29, 0.717) is 30.8 Å². The van der Waals surface area contributed by atoms with Gasteiger partial charge in [0.05, 0.1) is 13.2 Å². The maximum Gasteiger partial charge on any atom is 0.160 e. The number of phenols is 1. The largest absolute Gasteiger partial charge is 0.504 e. The monoisotopic (exact) mass is 261 g/mol. The van der Waals surface area contributed by atoms with Gasteiger partial charge in [-0.05, 0) is 36.2 Å². The van der Waals surface area contributed by atoms with E-state index in [1.54, 1.807) is 12.1 Å². The molecule has 1 unspecified atom stereocenters. The number of ether oxygens (including phenoxy) is 1. The van der Waals surface area contributed by atoms with Crippen LogP contribution in [0, 0.1) is 11.3 Å². The van der Waals surface area contributed by atoms with Crippen LogP contribution in [-0.2, 0) is 0 Å². The van der Waals surface area contributed by atoms with Crippen molar-refractivity contribution in [2.75, 3.05) is 20.2 Å². The highest BCUT2D eigenvalue weighted by Crippen LogP contribution is 2.28. The zero-order chi connectivity index (χ0) is 14.1. The highest BCUT2D eigenvalue weighted by atomic mass is 16.5. The van der Waals surface area contributed by atoms with E-state index in [4.69, 9.17) is 15.5 Å². The molecule has 0 fully saturated rings. The van der Waals surface area contributed by atoms with Gasteiger partial charge in [0.15, 0.2) is 11.5 Å². The Morgan fingerprint density at radius 1 is 1.63 bits per heavy atom. The zero-order valence-corrected chi connectivity index (χ0v) is 10.6. The molecule has 0 aromatic heterocycles. The number of methoxy groups -OCH3 is 1. The summed E-state index contributed by atoms with van der Waals surface area (Å²) in [7, 11) is 1.45. The molecule has 1 aromatic carbocycles. The van der Waals surface area contributed by atoms with Gasteiger partial charge in [0.1, 0.15) is 6.04 Å². The number of benzene rings is 1. The summed E-state index contributed by atoms with van der Waals surface area (Å²) >= 11 is 0. The highest BCUT2D eigenvalue weighted by molar-refractivity contribution is 5.43. The molecule has 1 rings (SSSR count). The van der Waals surface area contributed by atoms with E-state index in [-0.39, 0.29) is 5.75 Å². The molecule has 0 heterocycles. The third-order valence-electron chi connectivity index (χ3n) is 2.51. The summed E-state index contributed by atoms with van der Waals surface area (Å²) in [5.74, 6) is 0.361. The molecule has 0 amide bonds. The van der Waals surface area contributed by atoms with Crippen LogP contribution < -0.4 is 10.1 Å². The van der Waals surface area contributed by atoms with Crippen LogP contribution >= 0.6 is 0 Å². The number of rotatable bonds is 7. The Labute approximate surface area is 111 Å². The van der Waals surface area contributed by atoms with E-state index in [1.165, 1.54) is 13.2 Å². The number of nitrogens with zero attached hydrogens (tertiary/aromatic N) is 4. The third-order valence-corrected chi connectivity index (χ3v) is 2.51. The normalized spacial score (nSPS) is 11.2. The van der Waals surface area contributed by atoms with E-state index in [0.717, 1.165) is 0 Å². The van der Waals surface area contributed by atoms with Crippen molar-refractivity contribution >= 4 is 0 Å². The highest BCUT2D eigenvalue weighted by Gasteiger charge is 2.12. The molecule has 0 aliphatic rings. The number of phenolic OH excluding ortho intramolecular Hbond substituents is 1. The Balaban J connectivity index is 2.64. The van der Waals surface area contributed by atoms with Gasteiger partial charge in [0.25, 0.3) is 0 Å². The average molecular weight is 261 g/mol. The second-order valence-corrected chi connectivity index (χ2v) is 3.76. The van der Waals surface area contributed by atoms with Crippen molar-refractivity contribution in [3.05, 3.63) is 34.2 Å². The Morgan fingerprint density at radius 3 is 3.05 bits per heavy atom. The number of aromatic hydroxyl groups is 1. The lowest BCUT2D eigenvalue weighted by Gasteiger charge is -2.13. The quantitative estimate of drug-likeness (QED) is 0.339. The van der Waals surface area contributed by atoms with Crippen LogP contribution in [0.15, 0.2) is 23.3 Å². The lowest BCUT2D eigenvalue weighted by molar-refractivity contribution is 0.372. The third kappa shape index (κ3) is 4.39. The van der Waals surface area contributed by atoms with Crippen molar-refractivity contribution in [1.82, 2.24) is 5.32 Å². The summed E-state index contributed by atoms with van der Waals surface area (Å²) in [6.07, 6.45) is 0.650. The molecule has 7 nitrogen and oxygen atoms in total. The van der Waals surface area contributed by atoms with Gasteiger partial charge in [-0.1, -0.05) is 11.2 Å². The minimum atomic E-state index is -0.499. The van der Waals surface area contributed by atoms with E-state index in [9.17, 15) is 5.11 Å². The second kappa shape index (κ2) is 7.82. The van der Waals surface area contributed by atoms with E-state index in [1.807, 2.05) is 0 Å². The summed E-state index contributed by atoms with van der Waals surface area (Å²) < 4.78 is 5.00. The molecule has 0 aliphatic carbocycles. The van der Waals surface area contributed by atoms with Crippen LogP contribution in [0.5, 0.6) is 11.5 Å². The molecular formula is C12H15N5O2. The Hall–Kier alpha value is -2.42. The van der Waals surface area contributed by atoms with Crippen LogP contribution in [0.4, 0.5) is 0 Å².